The predicted molar refractivity (Wildman–Crippen MR) is 139 cm³/mol. The number of nitrogens with zero attached hydrogens (tertiary/aromatic N) is 4. The van der Waals surface area contributed by atoms with E-state index < -0.39 is 22.8 Å². The van der Waals surface area contributed by atoms with Crippen LogP contribution in [0.1, 0.15) is 25.3 Å². The molecule has 2 unspecified atom stereocenters. The lowest BCUT2D eigenvalue weighted by Crippen LogP contribution is -2.41. The van der Waals surface area contributed by atoms with Gasteiger partial charge < -0.3 is 20.7 Å². The number of carbonyl (C=O) groups is 1. The summed E-state index contributed by atoms with van der Waals surface area (Å²) in [6.07, 6.45) is 4.07. The maximum Gasteiger partial charge on any atom is 0.318 e. The molecule has 8 nitrogen and oxygen atoms in total. The summed E-state index contributed by atoms with van der Waals surface area (Å²) in [7, 11) is 1.38. The number of thioether (sulfide) groups is 1. The molecule has 0 bridgehead atoms. The van der Waals surface area contributed by atoms with Crippen molar-refractivity contribution in [2.45, 2.75) is 31.1 Å². The van der Waals surface area contributed by atoms with Gasteiger partial charge in [-0.15, -0.1) is 0 Å². The molecule has 192 valence electrons. The third kappa shape index (κ3) is 4.38. The summed E-state index contributed by atoms with van der Waals surface area (Å²) in [5.41, 5.74) is 6.53. The molecule has 37 heavy (non-hydrogen) atoms. The number of hydrogen-bond acceptors (Lipinski definition) is 8. The lowest BCUT2D eigenvalue weighted by atomic mass is 9.81. The Balaban J connectivity index is 1.59. The topological polar surface area (TPSA) is 117 Å². The molecule has 1 aromatic carbocycles. The zero-order valence-corrected chi connectivity index (χ0v) is 21.6. The van der Waals surface area contributed by atoms with Gasteiger partial charge in [-0.25, -0.2) is 8.78 Å². The lowest BCUT2D eigenvalue weighted by molar-refractivity contribution is -0.129. The number of hydrogen-bond donors (Lipinski definition) is 2. The highest BCUT2D eigenvalue weighted by Gasteiger charge is 2.43. The normalized spacial score (nSPS) is 21.9. The minimum absolute atomic E-state index is 0.00310. The van der Waals surface area contributed by atoms with Gasteiger partial charge in [-0.1, -0.05) is 29.4 Å². The Morgan fingerprint density at radius 1 is 1.32 bits per heavy atom. The van der Waals surface area contributed by atoms with Gasteiger partial charge in [0.25, 0.3) is 0 Å². The number of amides is 1. The molecule has 1 aliphatic carbocycles. The third-order valence-corrected chi connectivity index (χ3v) is 8.42. The van der Waals surface area contributed by atoms with Crippen LogP contribution in [0.4, 0.5) is 14.6 Å². The highest BCUT2D eigenvalue weighted by molar-refractivity contribution is 8.04. The number of aromatic nitrogens is 2. The van der Waals surface area contributed by atoms with E-state index in [0.717, 1.165) is 11.8 Å². The first kappa shape index (κ1) is 25.3. The van der Waals surface area contributed by atoms with Crippen molar-refractivity contribution < 1.29 is 18.3 Å². The monoisotopic (exact) mass is 544 g/mol. The number of nitrogens with one attached hydrogen (secondary N) is 1. The molecule has 1 fully saturated rings. The third-order valence-electron chi connectivity index (χ3n) is 6.90. The molecule has 2 aliphatic heterocycles. The highest BCUT2D eigenvalue weighted by Crippen LogP contribution is 2.52. The summed E-state index contributed by atoms with van der Waals surface area (Å²) in [5.74, 6) is -1.58. The van der Waals surface area contributed by atoms with Crippen molar-refractivity contribution in [3.8, 4) is 12.1 Å². The highest BCUT2D eigenvalue weighted by atomic mass is 35.5. The van der Waals surface area contributed by atoms with Crippen LogP contribution in [-0.2, 0) is 4.79 Å². The zero-order chi connectivity index (χ0) is 26.4. The van der Waals surface area contributed by atoms with Crippen LogP contribution in [0.15, 0.2) is 34.6 Å². The fraction of sp³-hybridized carbons (Fsp3) is 0.360. The average molecular weight is 545 g/mol. The molecule has 0 radical (unpaired) electrons. The number of methoxy groups -OCH3 is 1. The molecule has 1 saturated heterocycles. The first-order valence-electron chi connectivity index (χ1n) is 11.6. The number of ether oxygens (including phenoxy) is 1. The number of piperidine rings is 1. The van der Waals surface area contributed by atoms with Crippen LogP contribution >= 0.6 is 23.4 Å². The van der Waals surface area contributed by atoms with Crippen molar-refractivity contribution in [1.82, 2.24) is 14.9 Å². The second-order valence-electron chi connectivity index (χ2n) is 9.01. The number of allylic oxidation sites excluding steroid dienone is 4. The van der Waals surface area contributed by atoms with Crippen LogP contribution in [0.25, 0.3) is 16.5 Å². The minimum Gasteiger partial charge on any atom is -0.467 e. The summed E-state index contributed by atoms with van der Waals surface area (Å²) in [6.45, 7) is 2.74. The van der Waals surface area contributed by atoms with Crippen molar-refractivity contribution in [2.75, 3.05) is 25.5 Å². The maximum atomic E-state index is 16.2. The van der Waals surface area contributed by atoms with Crippen molar-refractivity contribution in [3.63, 3.8) is 0 Å². The van der Waals surface area contributed by atoms with Crippen LogP contribution in [0.3, 0.4) is 0 Å². The van der Waals surface area contributed by atoms with Crippen LogP contribution < -0.4 is 15.8 Å². The molecular formula is C25H23ClF2N6O2S. The van der Waals surface area contributed by atoms with E-state index in [1.807, 2.05) is 6.07 Å². The molecule has 0 spiro atoms. The number of carbonyl (C=O) groups excluding carboxylic acids is 1. The largest absolute Gasteiger partial charge is 0.467 e. The minimum atomic E-state index is -0.780. The second kappa shape index (κ2) is 9.84. The summed E-state index contributed by atoms with van der Waals surface area (Å²) < 4.78 is 36.1. The van der Waals surface area contributed by atoms with E-state index in [4.69, 9.17) is 22.1 Å². The zero-order valence-electron chi connectivity index (χ0n) is 20.0. The van der Waals surface area contributed by atoms with Gasteiger partial charge in [0.15, 0.2) is 5.82 Å². The molecule has 0 saturated carbocycles. The van der Waals surface area contributed by atoms with E-state index >= 15 is 4.39 Å². The number of benzene rings is 1. The number of halogens is 3. The molecule has 1 amide bonds. The fourth-order valence-corrected chi connectivity index (χ4v) is 6.50. The van der Waals surface area contributed by atoms with Crippen molar-refractivity contribution in [3.05, 3.63) is 51.1 Å². The molecule has 3 N–H and O–H groups in total. The summed E-state index contributed by atoms with van der Waals surface area (Å²) in [6, 6.07) is 3.57. The van der Waals surface area contributed by atoms with Crippen LogP contribution in [0.2, 0.25) is 5.02 Å². The number of nitriles is 1. The van der Waals surface area contributed by atoms with E-state index in [9.17, 15) is 14.4 Å². The Kier molecular flexibility index (Phi) is 6.72. The molecule has 12 heteroatoms. The summed E-state index contributed by atoms with van der Waals surface area (Å²) in [4.78, 5) is 22.1. The van der Waals surface area contributed by atoms with Gasteiger partial charge in [-0.2, -0.15) is 15.2 Å². The van der Waals surface area contributed by atoms with E-state index in [-0.39, 0.29) is 44.7 Å². The van der Waals surface area contributed by atoms with Gasteiger partial charge in [0.2, 0.25) is 5.91 Å². The molecule has 3 heterocycles. The maximum absolute atomic E-state index is 16.2. The van der Waals surface area contributed by atoms with E-state index in [1.54, 1.807) is 17.9 Å². The Labute approximate surface area is 221 Å². The van der Waals surface area contributed by atoms with Crippen LogP contribution in [-0.4, -0.2) is 52.3 Å². The molecule has 2 aromatic rings. The van der Waals surface area contributed by atoms with Gasteiger partial charge >= 0.3 is 6.01 Å². The number of nitrogens with two attached hydrogens (primary N) is 1. The molecule has 5 rings (SSSR count). The second-order valence-corrected chi connectivity index (χ2v) is 10.6. The standard InChI is InChI=1S/C25H23ClF2N6O2S/c1-11(35)34-7-5-12(6-8-34)31-24-14-9-16(26)19(20(28)21(14)32-25(33-24)36-2)13-3-4-17(27)22-18(13)15(10-29)23(30)37-22/h3-4,9,12,18,22H,5-8,30H2,1-2H3,(H,31,32,33). The van der Waals surface area contributed by atoms with Crippen molar-refractivity contribution >= 4 is 51.6 Å². The number of fused-ring (bicyclic) bond motifs is 2. The van der Waals surface area contributed by atoms with Gasteiger partial charge in [-0.05, 0) is 30.6 Å². The Hall–Kier alpha value is -3.36. The number of rotatable bonds is 4. The summed E-state index contributed by atoms with van der Waals surface area (Å²) >= 11 is 7.69. The average Bonchev–Trinajstić information content (AvgIpc) is 3.22. The van der Waals surface area contributed by atoms with Gasteiger partial charge in [0.1, 0.15) is 17.2 Å². The smallest absolute Gasteiger partial charge is 0.318 e. The van der Waals surface area contributed by atoms with Gasteiger partial charge in [0.05, 0.1) is 34.1 Å². The number of likely N-dealkylation sites (tertiary alicyclic amines) is 1. The fourth-order valence-electron chi connectivity index (χ4n) is 5.01. The quantitative estimate of drug-likeness (QED) is 0.576. The Bertz CT molecular complexity index is 1450. The summed E-state index contributed by atoms with van der Waals surface area (Å²) in [5, 5.41) is 12.9. The van der Waals surface area contributed by atoms with Gasteiger partial charge in [-0.3, -0.25) is 4.79 Å². The van der Waals surface area contributed by atoms with Crippen molar-refractivity contribution in [1.29, 1.82) is 5.26 Å². The first-order valence-corrected chi connectivity index (χ1v) is 12.9. The van der Waals surface area contributed by atoms with E-state index in [1.165, 1.54) is 19.3 Å². The van der Waals surface area contributed by atoms with E-state index in [2.05, 4.69) is 15.3 Å². The Morgan fingerprint density at radius 3 is 2.70 bits per heavy atom. The van der Waals surface area contributed by atoms with Crippen LogP contribution in [0, 0.1) is 23.1 Å². The molecule has 2 atom stereocenters. The SMILES string of the molecule is COc1nc(NC2CCN(C(C)=O)CC2)c2cc(Cl)c(C3=CC=C(F)C4SC(N)=C(C#N)C34)c(F)c2n1. The molecular weight excluding hydrogens is 522 g/mol. The lowest BCUT2D eigenvalue weighted by Gasteiger charge is -2.32. The first-order chi connectivity index (χ1) is 17.7. The van der Waals surface area contributed by atoms with Gasteiger partial charge in [0, 0.05) is 42.9 Å². The molecule has 3 aliphatic rings. The van der Waals surface area contributed by atoms with Crippen LogP contribution in [0.5, 0.6) is 6.01 Å². The molecule has 1 aromatic heterocycles. The number of anilines is 1. The Morgan fingerprint density at radius 2 is 2.05 bits per heavy atom. The van der Waals surface area contributed by atoms with Crippen molar-refractivity contribution in [2.24, 2.45) is 11.7 Å². The predicted octanol–water partition coefficient (Wildman–Crippen LogP) is 4.53. The van der Waals surface area contributed by atoms with E-state index in [0.29, 0.717) is 42.7 Å².